The van der Waals surface area contributed by atoms with Crippen LogP contribution in [0.15, 0.2) is 15.7 Å². The van der Waals surface area contributed by atoms with E-state index in [0.29, 0.717) is 16.9 Å². The fourth-order valence-corrected chi connectivity index (χ4v) is 2.24. The summed E-state index contributed by atoms with van der Waals surface area (Å²) in [7, 11) is 0. The van der Waals surface area contributed by atoms with Gasteiger partial charge in [-0.2, -0.15) is 0 Å². The van der Waals surface area contributed by atoms with Crippen LogP contribution in [0.4, 0.5) is 0 Å². The number of rotatable bonds is 4. The monoisotopic (exact) mass is 251 g/mol. The van der Waals surface area contributed by atoms with Crippen molar-refractivity contribution in [1.29, 1.82) is 0 Å². The molecule has 2 rings (SSSR count). The highest BCUT2D eigenvalue weighted by molar-refractivity contribution is 7.99. The molecular formula is C11H13N3O2S. The van der Waals surface area contributed by atoms with Crippen LogP contribution < -0.4 is 0 Å². The maximum Gasteiger partial charge on any atom is 0.277 e. The molecule has 90 valence electrons. The largest absolute Gasteiger partial charge is 0.416 e. The standard InChI is InChI=1S/C11H13N3O2S/c1-6-4-9(7(2)12-6)10(15)5-17-11-14-13-8(3)16-11/h4,12H,5H2,1-3H3. The molecule has 17 heavy (non-hydrogen) atoms. The van der Waals surface area contributed by atoms with E-state index in [1.165, 1.54) is 11.8 Å². The minimum absolute atomic E-state index is 0.0627. The van der Waals surface area contributed by atoms with Gasteiger partial charge in [-0.3, -0.25) is 4.79 Å². The quantitative estimate of drug-likeness (QED) is 0.666. The lowest BCUT2D eigenvalue weighted by Crippen LogP contribution is -2.02. The molecule has 0 saturated carbocycles. The summed E-state index contributed by atoms with van der Waals surface area (Å²) in [5.41, 5.74) is 2.62. The summed E-state index contributed by atoms with van der Waals surface area (Å²) in [5, 5.41) is 7.96. The molecule has 5 nitrogen and oxygen atoms in total. The van der Waals surface area contributed by atoms with Crippen LogP contribution in [0.3, 0.4) is 0 Å². The van der Waals surface area contributed by atoms with E-state index in [2.05, 4.69) is 15.2 Å². The van der Waals surface area contributed by atoms with E-state index >= 15 is 0 Å². The molecule has 2 aromatic heterocycles. The van der Waals surface area contributed by atoms with Crippen LogP contribution in [0.25, 0.3) is 0 Å². The first-order valence-corrected chi connectivity index (χ1v) is 6.17. The minimum atomic E-state index is 0.0627. The molecule has 0 atom stereocenters. The first-order chi connectivity index (χ1) is 8.06. The van der Waals surface area contributed by atoms with Gasteiger partial charge in [-0.1, -0.05) is 11.8 Å². The Bertz CT molecular complexity index is 545. The third-order valence-corrected chi connectivity index (χ3v) is 3.10. The van der Waals surface area contributed by atoms with Crippen LogP contribution in [0.5, 0.6) is 0 Å². The van der Waals surface area contributed by atoms with E-state index in [4.69, 9.17) is 4.42 Å². The lowest BCUT2D eigenvalue weighted by molar-refractivity contribution is 0.102. The Morgan fingerprint density at radius 1 is 1.41 bits per heavy atom. The van der Waals surface area contributed by atoms with Gasteiger partial charge in [0.15, 0.2) is 5.78 Å². The number of Topliss-reactive ketones (excluding diaryl/α,β-unsaturated/α-hetero) is 1. The van der Waals surface area contributed by atoms with Gasteiger partial charge in [0.2, 0.25) is 5.89 Å². The molecule has 0 aliphatic carbocycles. The van der Waals surface area contributed by atoms with E-state index in [0.717, 1.165) is 17.0 Å². The van der Waals surface area contributed by atoms with Crippen LogP contribution in [0, 0.1) is 20.8 Å². The summed E-state index contributed by atoms with van der Waals surface area (Å²) >= 11 is 1.26. The number of carbonyl (C=O) groups is 1. The molecule has 0 saturated heterocycles. The number of nitrogens with one attached hydrogen (secondary N) is 1. The van der Waals surface area contributed by atoms with Crippen LogP contribution in [0.1, 0.15) is 27.6 Å². The number of hydrogen-bond acceptors (Lipinski definition) is 5. The van der Waals surface area contributed by atoms with Gasteiger partial charge in [-0.05, 0) is 19.9 Å². The van der Waals surface area contributed by atoms with Crippen molar-refractivity contribution < 1.29 is 9.21 Å². The van der Waals surface area contributed by atoms with Crippen LogP contribution in [-0.4, -0.2) is 26.7 Å². The molecule has 6 heteroatoms. The van der Waals surface area contributed by atoms with Crippen molar-refractivity contribution in [2.24, 2.45) is 0 Å². The number of aromatic nitrogens is 3. The van der Waals surface area contributed by atoms with Crippen molar-refractivity contribution in [3.05, 3.63) is 28.9 Å². The predicted molar refractivity (Wildman–Crippen MR) is 64.4 cm³/mol. The third kappa shape index (κ3) is 2.76. The Kier molecular flexibility index (Phi) is 3.33. The number of nitrogens with zero attached hydrogens (tertiary/aromatic N) is 2. The highest BCUT2D eigenvalue weighted by Crippen LogP contribution is 2.19. The second kappa shape index (κ2) is 4.75. The summed E-state index contributed by atoms with van der Waals surface area (Å²) in [5.74, 6) is 0.876. The van der Waals surface area contributed by atoms with Gasteiger partial charge in [0, 0.05) is 23.9 Å². The number of ketones is 1. The molecule has 0 fully saturated rings. The molecule has 0 spiro atoms. The van der Waals surface area contributed by atoms with E-state index < -0.39 is 0 Å². The lowest BCUT2D eigenvalue weighted by atomic mass is 10.2. The summed E-state index contributed by atoms with van der Waals surface area (Å²) in [6.45, 7) is 5.54. The molecule has 0 aliphatic rings. The molecule has 0 amide bonds. The van der Waals surface area contributed by atoms with Crippen LogP contribution >= 0.6 is 11.8 Å². The second-order valence-electron chi connectivity index (χ2n) is 3.79. The topological polar surface area (TPSA) is 71.8 Å². The van der Waals surface area contributed by atoms with Gasteiger partial charge in [-0.15, -0.1) is 10.2 Å². The maximum absolute atomic E-state index is 11.9. The van der Waals surface area contributed by atoms with Crippen molar-refractivity contribution in [2.45, 2.75) is 26.0 Å². The SMILES string of the molecule is Cc1cc(C(=O)CSc2nnc(C)o2)c(C)[nH]1. The van der Waals surface area contributed by atoms with Crippen LogP contribution in [0.2, 0.25) is 0 Å². The number of H-pyrrole nitrogens is 1. The zero-order valence-electron chi connectivity index (χ0n) is 9.90. The molecular weight excluding hydrogens is 238 g/mol. The van der Waals surface area contributed by atoms with Gasteiger partial charge in [-0.25, -0.2) is 0 Å². The normalized spacial score (nSPS) is 10.8. The summed E-state index contributed by atoms with van der Waals surface area (Å²) in [6, 6.07) is 1.86. The number of aromatic amines is 1. The van der Waals surface area contributed by atoms with Gasteiger partial charge >= 0.3 is 0 Å². The smallest absolute Gasteiger partial charge is 0.277 e. The molecule has 2 aromatic rings. The average Bonchev–Trinajstić information content (AvgIpc) is 2.81. The van der Waals surface area contributed by atoms with Gasteiger partial charge in [0.25, 0.3) is 5.22 Å². The van der Waals surface area contributed by atoms with Crippen molar-refractivity contribution in [3.63, 3.8) is 0 Å². The summed E-state index contributed by atoms with van der Waals surface area (Å²) < 4.78 is 5.19. The van der Waals surface area contributed by atoms with Gasteiger partial charge < -0.3 is 9.40 Å². The molecule has 0 radical (unpaired) electrons. The highest BCUT2D eigenvalue weighted by atomic mass is 32.2. The minimum Gasteiger partial charge on any atom is -0.416 e. The number of thioether (sulfide) groups is 1. The Balaban J connectivity index is 2.00. The highest BCUT2D eigenvalue weighted by Gasteiger charge is 2.13. The molecule has 0 unspecified atom stereocenters. The molecule has 0 aliphatic heterocycles. The summed E-state index contributed by atoms with van der Waals surface area (Å²) in [4.78, 5) is 15.0. The van der Waals surface area contributed by atoms with E-state index in [-0.39, 0.29) is 5.78 Å². The Hall–Kier alpha value is -1.56. The maximum atomic E-state index is 11.9. The first-order valence-electron chi connectivity index (χ1n) is 5.18. The van der Waals surface area contributed by atoms with Gasteiger partial charge in [0.05, 0.1) is 5.75 Å². The predicted octanol–water partition coefficient (Wildman–Crippen LogP) is 2.30. The Morgan fingerprint density at radius 3 is 2.71 bits per heavy atom. The van der Waals surface area contributed by atoms with E-state index in [1.807, 2.05) is 19.9 Å². The third-order valence-electron chi connectivity index (χ3n) is 2.28. The van der Waals surface area contributed by atoms with Gasteiger partial charge in [0.1, 0.15) is 0 Å². The Labute approximate surface area is 103 Å². The van der Waals surface area contributed by atoms with Crippen molar-refractivity contribution >= 4 is 17.5 Å². The van der Waals surface area contributed by atoms with E-state index in [9.17, 15) is 4.79 Å². The van der Waals surface area contributed by atoms with Crippen LogP contribution in [-0.2, 0) is 0 Å². The van der Waals surface area contributed by atoms with Crippen molar-refractivity contribution in [1.82, 2.24) is 15.2 Å². The second-order valence-corrected chi connectivity index (χ2v) is 4.72. The zero-order chi connectivity index (χ0) is 12.4. The lowest BCUT2D eigenvalue weighted by Gasteiger charge is -1.96. The van der Waals surface area contributed by atoms with Crippen molar-refractivity contribution in [3.8, 4) is 0 Å². The number of carbonyl (C=O) groups excluding carboxylic acids is 1. The zero-order valence-corrected chi connectivity index (χ0v) is 10.7. The molecule has 1 N–H and O–H groups in total. The Morgan fingerprint density at radius 2 is 2.18 bits per heavy atom. The fraction of sp³-hybridized carbons (Fsp3) is 0.364. The average molecular weight is 251 g/mol. The first kappa shape index (κ1) is 11.9. The fourth-order valence-electron chi connectivity index (χ4n) is 1.56. The molecule has 0 aromatic carbocycles. The summed E-state index contributed by atoms with van der Waals surface area (Å²) in [6.07, 6.45) is 0. The number of hydrogen-bond donors (Lipinski definition) is 1. The molecule has 0 bridgehead atoms. The molecule has 2 heterocycles. The van der Waals surface area contributed by atoms with Crippen molar-refractivity contribution in [2.75, 3.05) is 5.75 Å². The van der Waals surface area contributed by atoms with E-state index in [1.54, 1.807) is 6.92 Å². The number of aryl methyl sites for hydroxylation is 3.